The third-order valence-electron chi connectivity index (χ3n) is 5.34. The van der Waals surface area contributed by atoms with Crippen molar-refractivity contribution in [2.75, 3.05) is 13.1 Å². The Morgan fingerprint density at radius 3 is 2.69 bits per heavy atom. The Morgan fingerprint density at radius 2 is 2.03 bits per heavy atom. The summed E-state index contributed by atoms with van der Waals surface area (Å²) in [5.41, 5.74) is -0.0561. The average Bonchev–Trinajstić information content (AvgIpc) is 2.63. The minimum Gasteiger partial charge on any atom is -0.353 e. The van der Waals surface area contributed by atoms with Gasteiger partial charge in [0, 0.05) is 18.7 Å². The van der Waals surface area contributed by atoms with Crippen LogP contribution in [0, 0.1) is 17.6 Å². The number of piperazine rings is 1. The van der Waals surface area contributed by atoms with Gasteiger partial charge in [-0.3, -0.25) is 4.79 Å². The number of halogens is 5. The van der Waals surface area contributed by atoms with Crippen LogP contribution in [0.5, 0.6) is 0 Å². The zero-order valence-corrected chi connectivity index (χ0v) is 16.2. The summed E-state index contributed by atoms with van der Waals surface area (Å²) in [5, 5.41) is 4.57. The molecule has 29 heavy (non-hydrogen) atoms. The third-order valence-corrected chi connectivity index (χ3v) is 5.68. The van der Waals surface area contributed by atoms with Gasteiger partial charge in [0.25, 0.3) is 0 Å². The van der Waals surface area contributed by atoms with Crippen LogP contribution in [0.4, 0.5) is 22.4 Å². The van der Waals surface area contributed by atoms with E-state index in [1.165, 1.54) is 4.90 Å². The molecule has 0 spiro atoms. The molecule has 1 saturated heterocycles. The molecule has 2 aliphatic rings. The van der Waals surface area contributed by atoms with Crippen molar-refractivity contribution < 1.29 is 31.9 Å². The van der Waals surface area contributed by atoms with Crippen LogP contribution in [-0.4, -0.2) is 48.7 Å². The Bertz CT molecular complexity index is 792. The normalized spacial score (nSPS) is 25.4. The number of carbonyl (C=O) groups is 2. The van der Waals surface area contributed by atoms with Crippen LogP contribution < -0.4 is 10.6 Å². The number of urea groups is 1. The number of rotatable bonds is 5. The average molecular weight is 438 g/mol. The van der Waals surface area contributed by atoms with Crippen LogP contribution in [-0.2, 0) is 9.53 Å². The van der Waals surface area contributed by atoms with Gasteiger partial charge in [-0.05, 0) is 31.7 Å². The first-order valence-corrected chi connectivity index (χ1v) is 9.48. The van der Waals surface area contributed by atoms with Gasteiger partial charge in [-0.15, -0.1) is 0 Å². The lowest BCUT2D eigenvalue weighted by Gasteiger charge is -2.42. The van der Waals surface area contributed by atoms with Crippen molar-refractivity contribution in [1.29, 1.82) is 0 Å². The monoisotopic (exact) mass is 437 g/mol. The van der Waals surface area contributed by atoms with E-state index in [1.807, 2.05) is 0 Å². The van der Waals surface area contributed by atoms with Crippen molar-refractivity contribution in [2.24, 2.45) is 5.92 Å². The largest absolute Gasteiger partial charge is 0.353 e. The first-order chi connectivity index (χ1) is 13.7. The SMILES string of the molecule is C[C@@H]1C(=O)NCCN1C(=O)N[C@@H](c1ccc(F)c(Cl)c1F)[C@H]1C[C@@H](OC(F)F)C1. The van der Waals surface area contributed by atoms with E-state index < -0.39 is 53.4 Å². The van der Waals surface area contributed by atoms with Crippen LogP contribution >= 0.6 is 11.6 Å². The summed E-state index contributed by atoms with van der Waals surface area (Å²) in [7, 11) is 0. The van der Waals surface area contributed by atoms with Crippen molar-refractivity contribution in [2.45, 2.75) is 44.6 Å². The number of alkyl halides is 2. The molecule has 1 saturated carbocycles. The van der Waals surface area contributed by atoms with E-state index in [1.54, 1.807) is 6.92 Å². The molecular formula is C18H20ClF4N3O3. The second kappa shape index (κ2) is 8.74. The molecule has 11 heteroatoms. The van der Waals surface area contributed by atoms with Crippen molar-refractivity contribution >= 4 is 23.5 Å². The Kier molecular flexibility index (Phi) is 6.52. The van der Waals surface area contributed by atoms with E-state index in [4.69, 9.17) is 11.6 Å². The molecule has 2 atom stereocenters. The lowest BCUT2D eigenvalue weighted by Crippen LogP contribution is -2.59. The van der Waals surface area contributed by atoms with Gasteiger partial charge >= 0.3 is 12.6 Å². The molecule has 2 N–H and O–H groups in total. The molecular weight excluding hydrogens is 418 g/mol. The number of ether oxygens (including phenoxy) is 1. The van der Waals surface area contributed by atoms with Gasteiger partial charge in [-0.2, -0.15) is 8.78 Å². The first-order valence-electron chi connectivity index (χ1n) is 9.11. The summed E-state index contributed by atoms with van der Waals surface area (Å²) >= 11 is 5.67. The Labute approximate surface area is 169 Å². The lowest BCUT2D eigenvalue weighted by molar-refractivity contribution is -0.193. The van der Waals surface area contributed by atoms with E-state index in [-0.39, 0.29) is 37.4 Å². The number of nitrogens with one attached hydrogen (secondary N) is 2. The van der Waals surface area contributed by atoms with Crippen molar-refractivity contribution in [3.8, 4) is 0 Å². The van der Waals surface area contributed by atoms with Crippen LogP contribution in [0.3, 0.4) is 0 Å². The van der Waals surface area contributed by atoms with Crippen LogP contribution in [0.2, 0.25) is 5.02 Å². The predicted octanol–water partition coefficient (Wildman–Crippen LogP) is 3.21. The maximum absolute atomic E-state index is 14.6. The zero-order chi connectivity index (χ0) is 21.3. The van der Waals surface area contributed by atoms with Crippen molar-refractivity contribution in [1.82, 2.24) is 15.5 Å². The fourth-order valence-corrected chi connectivity index (χ4v) is 3.81. The van der Waals surface area contributed by atoms with Crippen LogP contribution in [0.1, 0.15) is 31.4 Å². The fraction of sp³-hybridized carbons (Fsp3) is 0.556. The van der Waals surface area contributed by atoms with E-state index in [2.05, 4.69) is 15.4 Å². The highest BCUT2D eigenvalue weighted by atomic mass is 35.5. The summed E-state index contributed by atoms with van der Waals surface area (Å²) in [6, 6.07) is -0.161. The minimum atomic E-state index is -2.93. The molecule has 1 aliphatic carbocycles. The van der Waals surface area contributed by atoms with Gasteiger partial charge in [-0.1, -0.05) is 17.7 Å². The summed E-state index contributed by atoms with van der Waals surface area (Å²) in [5.74, 6) is -2.73. The number of carbonyl (C=O) groups excluding carboxylic acids is 2. The molecule has 1 heterocycles. The summed E-state index contributed by atoms with van der Waals surface area (Å²) in [4.78, 5) is 25.9. The minimum absolute atomic E-state index is 0.0561. The molecule has 3 rings (SSSR count). The van der Waals surface area contributed by atoms with Gasteiger partial charge in [0.2, 0.25) is 5.91 Å². The Morgan fingerprint density at radius 1 is 1.34 bits per heavy atom. The topological polar surface area (TPSA) is 70.7 Å². The predicted molar refractivity (Wildman–Crippen MR) is 95.4 cm³/mol. The molecule has 1 aromatic rings. The van der Waals surface area contributed by atoms with Gasteiger partial charge in [-0.25, -0.2) is 13.6 Å². The van der Waals surface area contributed by atoms with Crippen LogP contribution in [0.25, 0.3) is 0 Å². The van der Waals surface area contributed by atoms with Gasteiger partial charge in [0.05, 0.1) is 12.1 Å². The van der Waals surface area contributed by atoms with Crippen LogP contribution in [0.15, 0.2) is 12.1 Å². The summed E-state index contributed by atoms with van der Waals surface area (Å²) in [6.45, 7) is -0.862. The number of benzene rings is 1. The zero-order valence-electron chi connectivity index (χ0n) is 15.4. The highest BCUT2D eigenvalue weighted by Crippen LogP contribution is 2.42. The number of amides is 3. The molecule has 3 amide bonds. The van der Waals surface area contributed by atoms with E-state index in [9.17, 15) is 27.2 Å². The molecule has 160 valence electrons. The molecule has 1 aliphatic heterocycles. The number of hydrogen-bond acceptors (Lipinski definition) is 3. The highest BCUT2D eigenvalue weighted by molar-refractivity contribution is 6.31. The highest BCUT2D eigenvalue weighted by Gasteiger charge is 2.41. The summed E-state index contributed by atoms with van der Waals surface area (Å²) < 4.78 is 57.4. The molecule has 6 nitrogen and oxygen atoms in total. The fourth-order valence-electron chi connectivity index (χ4n) is 3.64. The van der Waals surface area contributed by atoms with E-state index >= 15 is 0 Å². The van der Waals surface area contributed by atoms with Gasteiger partial charge in [0.1, 0.15) is 22.7 Å². The first kappa shape index (κ1) is 21.6. The molecule has 1 aromatic carbocycles. The quantitative estimate of drug-likeness (QED) is 0.549. The Hall–Kier alpha value is -2.07. The molecule has 0 aromatic heterocycles. The second-order valence-corrected chi connectivity index (χ2v) is 7.48. The van der Waals surface area contributed by atoms with E-state index in [0.29, 0.717) is 0 Å². The maximum atomic E-state index is 14.6. The Balaban J connectivity index is 1.81. The van der Waals surface area contributed by atoms with E-state index in [0.717, 1.165) is 12.1 Å². The smallest absolute Gasteiger partial charge is 0.345 e. The summed E-state index contributed by atoms with van der Waals surface area (Å²) in [6.07, 6.45) is -0.419. The van der Waals surface area contributed by atoms with Crippen molar-refractivity contribution in [3.63, 3.8) is 0 Å². The molecule has 0 radical (unpaired) electrons. The number of hydrogen-bond donors (Lipinski definition) is 2. The number of nitrogens with zero attached hydrogens (tertiary/aromatic N) is 1. The van der Waals surface area contributed by atoms with Gasteiger partial charge in [0.15, 0.2) is 0 Å². The molecule has 0 bridgehead atoms. The lowest BCUT2D eigenvalue weighted by atomic mass is 9.74. The standard InChI is InChI=1S/C18H20ClF4N3O3/c1-8-16(27)24-4-5-26(8)18(28)25-15(9-6-10(7-9)29-17(22)23)11-2-3-12(20)13(19)14(11)21/h2-3,8-10,15,17H,4-7H2,1H3,(H,24,27)(H,25,28)/t8-,9-,10+,15-/m1/s1. The van der Waals surface area contributed by atoms with Crippen molar-refractivity contribution in [3.05, 3.63) is 34.4 Å². The van der Waals surface area contributed by atoms with Gasteiger partial charge < -0.3 is 20.3 Å². The molecule has 0 unspecified atom stereocenters. The second-order valence-electron chi connectivity index (χ2n) is 7.10. The molecule has 2 fully saturated rings. The maximum Gasteiger partial charge on any atom is 0.345 e. The third kappa shape index (κ3) is 4.58.